The van der Waals surface area contributed by atoms with Crippen molar-refractivity contribution in [1.29, 1.82) is 0 Å². The predicted molar refractivity (Wildman–Crippen MR) is 102 cm³/mol. The topological polar surface area (TPSA) is 59.8 Å². The van der Waals surface area contributed by atoms with Crippen molar-refractivity contribution in [2.75, 3.05) is 26.2 Å². The molecule has 0 aromatic heterocycles. The Morgan fingerprint density at radius 2 is 1.59 bits per heavy atom. The summed E-state index contributed by atoms with van der Waals surface area (Å²) in [6.07, 6.45) is 1.53. The minimum atomic E-state index is -2.11. The Labute approximate surface area is 140 Å². The molecule has 0 aromatic carbocycles. The molecule has 132 valence electrons. The van der Waals surface area contributed by atoms with Crippen molar-refractivity contribution in [2.24, 2.45) is 5.73 Å². The van der Waals surface area contributed by atoms with Crippen LogP contribution in [-0.4, -0.2) is 62.4 Å². The van der Waals surface area contributed by atoms with E-state index >= 15 is 0 Å². The van der Waals surface area contributed by atoms with Gasteiger partial charge in [-0.1, -0.05) is 0 Å². The molecular weight excluding hydrogens is 326 g/mol. The molecule has 0 bridgehead atoms. The van der Waals surface area contributed by atoms with Gasteiger partial charge in [-0.05, 0) is 58.3 Å². The Bertz CT molecular complexity index is 329. The van der Waals surface area contributed by atoms with Crippen LogP contribution in [0.2, 0.25) is 51.9 Å². The number of nitrogens with zero attached hydrogens (tertiary/aromatic N) is 1. The van der Waals surface area contributed by atoms with E-state index in [1.165, 1.54) is 0 Å². The largest absolute Gasteiger partial charge is 0.437 e. The SMILES string of the molecule is C[Si](C)(C)O[Si](C)(CCC1NCCN1CCN)O[Si](C)(C)C. The summed E-state index contributed by atoms with van der Waals surface area (Å²) in [6.45, 7) is 19.7. The standard InChI is InChI=1S/C14H37N3O2Si3/c1-20(2,3)18-22(7,19-21(4,5)6)13-8-14-16-10-12-17(14)11-9-15/h14,16H,8-13,15H2,1-7H3. The molecule has 1 saturated heterocycles. The second-order valence-electron chi connectivity index (χ2n) is 8.40. The first-order chi connectivity index (χ1) is 9.94. The van der Waals surface area contributed by atoms with Crippen LogP contribution in [0.3, 0.4) is 0 Å². The van der Waals surface area contributed by atoms with Crippen molar-refractivity contribution >= 4 is 25.2 Å². The van der Waals surface area contributed by atoms with Crippen molar-refractivity contribution in [3.05, 3.63) is 0 Å². The van der Waals surface area contributed by atoms with Crippen LogP contribution < -0.4 is 11.1 Å². The van der Waals surface area contributed by atoms with Gasteiger partial charge in [0.1, 0.15) is 0 Å². The Balaban J connectivity index is 2.68. The highest BCUT2D eigenvalue weighted by Gasteiger charge is 2.41. The zero-order chi connectivity index (χ0) is 17.0. The fourth-order valence-corrected chi connectivity index (χ4v) is 15.7. The molecule has 0 saturated carbocycles. The van der Waals surface area contributed by atoms with E-state index in [0.717, 1.165) is 38.6 Å². The van der Waals surface area contributed by atoms with Crippen LogP contribution in [0.5, 0.6) is 0 Å². The molecule has 22 heavy (non-hydrogen) atoms. The number of hydrogen-bond donors (Lipinski definition) is 2. The van der Waals surface area contributed by atoms with E-state index in [1.54, 1.807) is 0 Å². The van der Waals surface area contributed by atoms with Crippen LogP contribution in [0.1, 0.15) is 6.42 Å². The van der Waals surface area contributed by atoms with E-state index in [-0.39, 0.29) is 0 Å². The molecule has 0 radical (unpaired) electrons. The van der Waals surface area contributed by atoms with E-state index in [0.29, 0.717) is 6.17 Å². The molecule has 1 aliphatic rings. The Morgan fingerprint density at radius 3 is 2.05 bits per heavy atom. The second kappa shape index (κ2) is 8.02. The van der Waals surface area contributed by atoms with Gasteiger partial charge in [-0.25, -0.2) is 0 Å². The van der Waals surface area contributed by atoms with Crippen LogP contribution in [-0.2, 0) is 8.23 Å². The van der Waals surface area contributed by atoms with Gasteiger partial charge < -0.3 is 19.3 Å². The van der Waals surface area contributed by atoms with Crippen molar-refractivity contribution in [1.82, 2.24) is 10.2 Å². The van der Waals surface area contributed by atoms with Crippen molar-refractivity contribution < 1.29 is 8.23 Å². The first-order valence-electron chi connectivity index (χ1n) is 8.52. The molecule has 0 aliphatic carbocycles. The minimum absolute atomic E-state index is 0.436. The zero-order valence-corrected chi connectivity index (χ0v) is 18.7. The molecule has 1 rings (SSSR count). The van der Waals surface area contributed by atoms with Crippen LogP contribution in [0.15, 0.2) is 0 Å². The van der Waals surface area contributed by atoms with Crippen molar-refractivity contribution in [2.45, 2.75) is 64.5 Å². The fraction of sp³-hybridized carbons (Fsp3) is 1.00. The fourth-order valence-electron chi connectivity index (χ4n) is 3.19. The first-order valence-corrected chi connectivity index (χ1v) is 17.9. The van der Waals surface area contributed by atoms with Crippen LogP contribution in [0.25, 0.3) is 0 Å². The number of rotatable bonds is 9. The number of nitrogens with one attached hydrogen (secondary N) is 1. The van der Waals surface area contributed by atoms with Gasteiger partial charge in [-0.3, -0.25) is 4.90 Å². The smallest absolute Gasteiger partial charge is 0.314 e. The third kappa shape index (κ3) is 7.82. The van der Waals surface area contributed by atoms with Crippen molar-refractivity contribution in [3.63, 3.8) is 0 Å². The highest BCUT2D eigenvalue weighted by molar-refractivity contribution is 6.87. The maximum atomic E-state index is 6.58. The molecule has 1 heterocycles. The van der Waals surface area contributed by atoms with Crippen molar-refractivity contribution in [3.8, 4) is 0 Å². The van der Waals surface area contributed by atoms with Gasteiger partial charge in [0.25, 0.3) is 0 Å². The molecule has 1 fully saturated rings. The summed E-state index contributed by atoms with van der Waals surface area (Å²) in [5.74, 6) is 0. The average Bonchev–Trinajstić information content (AvgIpc) is 2.69. The van der Waals surface area contributed by atoms with E-state index in [1.807, 2.05) is 0 Å². The lowest BCUT2D eigenvalue weighted by atomic mass is 10.3. The maximum absolute atomic E-state index is 6.58. The monoisotopic (exact) mass is 363 g/mol. The molecule has 0 aromatic rings. The third-order valence-corrected chi connectivity index (χ3v) is 13.1. The van der Waals surface area contributed by atoms with Gasteiger partial charge in [0.2, 0.25) is 0 Å². The Kier molecular flexibility index (Phi) is 7.47. The quantitative estimate of drug-likeness (QED) is 0.616. The summed E-state index contributed by atoms with van der Waals surface area (Å²) in [4.78, 5) is 2.46. The highest BCUT2D eigenvalue weighted by atomic mass is 28.5. The molecule has 8 heteroatoms. The number of nitrogens with two attached hydrogens (primary N) is 1. The lowest BCUT2D eigenvalue weighted by molar-refractivity contribution is 0.237. The second-order valence-corrected chi connectivity index (χ2v) is 21.2. The first kappa shape index (κ1) is 20.5. The summed E-state index contributed by atoms with van der Waals surface area (Å²) >= 11 is 0. The van der Waals surface area contributed by atoms with E-state index in [9.17, 15) is 0 Å². The molecule has 1 unspecified atom stereocenters. The lowest BCUT2D eigenvalue weighted by Gasteiger charge is -2.39. The number of hydrogen-bond acceptors (Lipinski definition) is 5. The molecular formula is C14H37N3O2Si3. The normalized spacial score (nSPS) is 21.5. The third-order valence-electron chi connectivity index (χ3n) is 3.55. The predicted octanol–water partition coefficient (Wildman–Crippen LogP) is 2.34. The van der Waals surface area contributed by atoms with Gasteiger partial charge in [-0.2, -0.15) is 0 Å². The molecule has 1 atom stereocenters. The van der Waals surface area contributed by atoms with Gasteiger partial charge in [0, 0.05) is 26.2 Å². The van der Waals surface area contributed by atoms with E-state index < -0.39 is 25.2 Å². The minimum Gasteiger partial charge on any atom is -0.437 e. The van der Waals surface area contributed by atoms with E-state index in [4.69, 9.17) is 14.0 Å². The molecule has 0 spiro atoms. The molecule has 3 N–H and O–H groups in total. The molecule has 5 nitrogen and oxygen atoms in total. The Hall–Kier alpha value is 0.451. The van der Waals surface area contributed by atoms with Gasteiger partial charge in [0.05, 0.1) is 6.17 Å². The van der Waals surface area contributed by atoms with Gasteiger partial charge in [-0.15, -0.1) is 0 Å². The highest BCUT2D eigenvalue weighted by Crippen LogP contribution is 2.27. The average molecular weight is 364 g/mol. The summed E-state index contributed by atoms with van der Waals surface area (Å²) in [7, 11) is -5.31. The zero-order valence-electron chi connectivity index (χ0n) is 15.7. The van der Waals surface area contributed by atoms with Crippen LogP contribution in [0.4, 0.5) is 0 Å². The Morgan fingerprint density at radius 1 is 1.05 bits per heavy atom. The lowest BCUT2D eigenvalue weighted by Crippen LogP contribution is -2.53. The summed E-state index contributed by atoms with van der Waals surface area (Å²) < 4.78 is 13.2. The van der Waals surface area contributed by atoms with Crippen LogP contribution >= 0.6 is 0 Å². The van der Waals surface area contributed by atoms with E-state index in [2.05, 4.69) is 56.0 Å². The molecule has 0 amide bonds. The molecule has 1 aliphatic heterocycles. The van der Waals surface area contributed by atoms with Gasteiger partial charge >= 0.3 is 8.56 Å². The summed E-state index contributed by atoms with van der Waals surface area (Å²) in [5.41, 5.74) is 5.72. The van der Waals surface area contributed by atoms with Gasteiger partial charge in [0.15, 0.2) is 16.6 Å². The summed E-state index contributed by atoms with van der Waals surface area (Å²) in [5, 5.41) is 3.59. The maximum Gasteiger partial charge on any atom is 0.314 e. The van der Waals surface area contributed by atoms with Crippen LogP contribution in [0, 0.1) is 0 Å². The summed E-state index contributed by atoms with van der Waals surface area (Å²) in [6, 6.07) is 1.06.